The van der Waals surface area contributed by atoms with E-state index in [0.717, 1.165) is 0 Å². The summed E-state index contributed by atoms with van der Waals surface area (Å²) in [5.41, 5.74) is 5.03. The van der Waals surface area contributed by atoms with Crippen molar-refractivity contribution in [1.82, 2.24) is 5.43 Å². The molecule has 0 unspecified atom stereocenters. The normalized spacial score (nSPS) is 11.4. The zero-order valence-electron chi connectivity index (χ0n) is 15.3. The monoisotopic (exact) mass is 340 g/mol. The first-order valence-electron chi connectivity index (χ1n) is 8.01. The molecule has 2 aromatic rings. The molecule has 5 heteroatoms. The molecule has 0 aliphatic rings. The van der Waals surface area contributed by atoms with Gasteiger partial charge in [0.15, 0.2) is 0 Å². The van der Waals surface area contributed by atoms with Crippen molar-refractivity contribution in [3.63, 3.8) is 0 Å². The Labute approximate surface area is 148 Å². The summed E-state index contributed by atoms with van der Waals surface area (Å²) in [6.45, 7) is 6.40. The summed E-state index contributed by atoms with van der Waals surface area (Å²) in [6.07, 6.45) is 1.53. The lowest BCUT2D eigenvalue weighted by molar-refractivity contribution is 0.0955. The molecule has 0 radical (unpaired) electrons. The number of methoxy groups -OCH3 is 2. The van der Waals surface area contributed by atoms with Gasteiger partial charge in [0.05, 0.1) is 20.4 Å². The van der Waals surface area contributed by atoms with E-state index in [-0.39, 0.29) is 11.3 Å². The fourth-order valence-corrected chi connectivity index (χ4v) is 2.29. The van der Waals surface area contributed by atoms with E-state index >= 15 is 0 Å². The van der Waals surface area contributed by atoms with Gasteiger partial charge in [-0.1, -0.05) is 32.9 Å². The first-order chi connectivity index (χ1) is 11.8. The molecule has 0 aliphatic heterocycles. The van der Waals surface area contributed by atoms with E-state index in [9.17, 15) is 4.79 Å². The van der Waals surface area contributed by atoms with Gasteiger partial charge in [-0.3, -0.25) is 4.79 Å². The minimum absolute atomic E-state index is 0.0517. The third-order valence-corrected chi connectivity index (χ3v) is 3.82. The molecule has 2 rings (SSSR count). The average molecular weight is 340 g/mol. The molecular weight excluding hydrogens is 316 g/mol. The first-order valence-corrected chi connectivity index (χ1v) is 8.01. The first kappa shape index (κ1) is 18.5. The molecule has 1 amide bonds. The van der Waals surface area contributed by atoms with Crippen LogP contribution >= 0.6 is 0 Å². The second-order valence-corrected chi connectivity index (χ2v) is 6.63. The van der Waals surface area contributed by atoms with Crippen molar-refractivity contribution in [3.05, 3.63) is 59.2 Å². The van der Waals surface area contributed by atoms with Crippen LogP contribution in [0.2, 0.25) is 0 Å². The summed E-state index contributed by atoms with van der Waals surface area (Å²) in [7, 11) is 3.17. The quantitative estimate of drug-likeness (QED) is 0.666. The highest BCUT2D eigenvalue weighted by Gasteiger charge is 2.14. The van der Waals surface area contributed by atoms with Crippen LogP contribution < -0.4 is 14.9 Å². The number of nitrogens with one attached hydrogen (secondary N) is 1. The second kappa shape index (κ2) is 7.83. The fourth-order valence-electron chi connectivity index (χ4n) is 2.29. The van der Waals surface area contributed by atoms with E-state index in [1.165, 1.54) is 11.8 Å². The third-order valence-electron chi connectivity index (χ3n) is 3.82. The van der Waals surface area contributed by atoms with Gasteiger partial charge in [-0.15, -0.1) is 0 Å². The molecule has 0 aliphatic carbocycles. The van der Waals surface area contributed by atoms with Crippen LogP contribution in [0.3, 0.4) is 0 Å². The molecule has 0 saturated heterocycles. The minimum atomic E-state index is -0.265. The standard InChI is InChI=1S/C20H24N2O3/c1-20(2,3)16-8-6-14(7-9-16)19(23)22-21-13-15-12-17(24-4)10-11-18(15)25-5/h6-13H,1-5H3,(H,22,23)/b21-13+. The van der Waals surface area contributed by atoms with Crippen LogP contribution in [0.4, 0.5) is 0 Å². The maximum Gasteiger partial charge on any atom is 0.271 e. The second-order valence-electron chi connectivity index (χ2n) is 6.63. The molecule has 0 saturated carbocycles. The molecule has 0 heterocycles. The van der Waals surface area contributed by atoms with Crippen molar-refractivity contribution in [3.8, 4) is 11.5 Å². The van der Waals surface area contributed by atoms with E-state index in [0.29, 0.717) is 22.6 Å². The fraction of sp³-hybridized carbons (Fsp3) is 0.300. The van der Waals surface area contributed by atoms with Crippen LogP contribution in [0, 0.1) is 0 Å². The molecule has 132 valence electrons. The zero-order valence-corrected chi connectivity index (χ0v) is 15.3. The molecule has 5 nitrogen and oxygen atoms in total. The van der Waals surface area contributed by atoms with Gasteiger partial charge in [-0.05, 0) is 41.3 Å². The van der Waals surface area contributed by atoms with Gasteiger partial charge in [0.2, 0.25) is 0 Å². The molecule has 0 spiro atoms. The Morgan fingerprint density at radius 1 is 1.04 bits per heavy atom. The number of carbonyl (C=O) groups excluding carboxylic acids is 1. The SMILES string of the molecule is COc1ccc(OC)c(/C=N/NC(=O)c2ccc(C(C)(C)C)cc2)c1. The van der Waals surface area contributed by atoms with Crippen molar-refractivity contribution in [2.75, 3.05) is 14.2 Å². The van der Waals surface area contributed by atoms with Crippen LogP contribution in [-0.4, -0.2) is 26.3 Å². The number of benzene rings is 2. The number of rotatable bonds is 5. The van der Waals surface area contributed by atoms with Gasteiger partial charge >= 0.3 is 0 Å². The van der Waals surface area contributed by atoms with Crippen molar-refractivity contribution in [1.29, 1.82) is 0 Å². The Bertz CT molecular complexity index is 760. The van der Waals surface area contributed by atoms with Crippen LogP contribution in [0.5, 0.6) is 11.5 Å². The number of ether oxygens (including phenoxy) is 2. The molecule has 0 bridgehead atoms. The average Bonchev–Trinajstić information content (AvgIpc) is 2.60. The van der Waals surface area contributed by atoms with Gasteiger partial charge in [-0.25, -0.2) is 5.43 Å². The predicted molar refractivity (Wildman–Crippen MR) is 99.7 cm³/mol. The van der Waals surface area contributed by atoms with E-state index in [2.05, 4.69) is 31.3 Å². The van der Waals surface area contributed by atoms with E-state index in [1.807, 2.05) is 12.1 Å². The number of amides is 1. The van der Waals surface area contributed by atoms with Gasteiger partial charge in [-0.2, -0.15) is 5.10 Å². The molecule has 2 aromatic carbocycles. The lowest BCUT2D eigenvalue weighted by Crippen LogP contribution is -2.18. The molecule has 1 N–H and O–H groups in total. The zero-order chi connectivity index (χ0) is 18.4. The van der Waals surface area contributed by atoms with Gasteiger partial charge < -0.3 is 9.47 Å². The van der Waals surface area contributed by atoms with Gasteiger partial charge in [0.1, 0.15) is 11.5 Å². The lowest BCUT2D eigenvalue weighted by atomic mass is 9.87. The molecule has 0 fully saturated rings. The number of nitrogens with zero attached hydrogens (tertiary/aromatic N) is 1. The predicted octanol–water partition coefficient (Wildman–Crippen LogP) is 3.77. The van der Waals surface area contributed by atoms with Crippen molar-refractivity contribution in [2.24, 2.45) is 5.10 Å². The maximum absolute atomic E-state index is 12.2. The number of carbonyl (C=O) groups is 1. The summed E-state index contributed by atoms with van der Waals surface area (Å²) in [6, 6.07) is 12.9. The number of hydrazone groups is 1. The highest BCUT2D eigenvalue weighted by Crippen LogP contribution is 2.23. The molecule has 0 aromatic heterocycles. The summed E-state index contributed by atoms with van der Waals surface area (Å²) < 4.78 is 10.5. The van der Waals surface area contributed by atoms with Crippen LogP contribution in [0.15, 0.2) is 47.6 Å². The summed E-state index contributed by atoms with van der Waals surface area (Å²) in [4.78, 5) is 12.2. The van der Waals surface area contributed by atoms with E-state index in [4.69, 9.17) is 9.47 Å². The van der Waals surface area contributed by atoms with Crippen molar-refractivity contribution < 1.29 is 14.3 Å². The smallest absolute Gasteiger partial charge is 0.271 e. The van der Waals surface area contributed by atoms with Crippen LogP contribution in [0.1, 0.15) is 42.3 Å². The van der Waals surface area contributed by atoms with E-state index in [1.54, 1.807) is 44.6 Å². The molecular formula is C20H24N2O3. The number of hydrogen-bond donors (Lipinski definition) is 1. The molecule has 25 heavy (non-hydrogen) atoms. The lowest BCUT2D eigenvalue weighted by Gasteiger charge is -2.18. The highest BCUT2D eigenvalue weighted by molar-refractivity contribution is 5.95. The van der Waals surface area contributed by atoms with E-state index < -0.39 is 0 Å². The maximum atomic E-state index is 12.2. The minimum Gasteiger partial charge on any atom is -0.497 e. The van der Waals surface area contributed by atoms with Crippen LogP contribution in [0.25, 0.3) is 0 Å². The van der Waals surface area contributed by atoms with Gasteiger partial charge in [0.25, 0.3) is 5.91 Å². The third kappa shape index (κ3) is 4.83. The Morgan fingerprint density at radius 3 is 2.28 bits per heavy atom. The highest BCUT2D eigenvalue weighted by atomic mass is 16.5. The van der Waals surface area contributed by atoms with Crippen molar-refractivity contribution in [2.45, 2.75) is 26.2 Å². The number of hydrogen-bond acceptors (Lipinski definition) is 4. The molecule has 0 atom stereocenters. The largest absolute Gasteiger partial charge is 0.497 e. The Balaban J connectivity index is 2.08. The Hall–Kier alpha value is -2.82. The summed E-state index contributed by atoms with van der Waals surface area (Å²) >= 11 is 0. The topological polar surface area (TPSA) is 59.9 Å². The Kier molecular flexibility index (Phi) is 5.80. The Morgan fingerprint density at radius 2 is 1.72 bits per heavy atom. The summed E-state index contributed by atoms with van der Waals surface area (Å²) in [5.74, 6) is 1.07. The van der Waals surface area contributed by atoms with Crippen molar-refractivity contribution >= 4 is 12.1 Å². The van der Waals surface area contributed by atoms with Crippen LogP contribution in [-0.2, 0) is 5.41 Å². The van der Waals surface area contributed by atoms with Gasteiger partial charge in [0, 0.05) is 11.1 Å². The summed E-state index contributed by atoms with van der Waals surface area (Å²) in [5, 5.41) is 4.01.